The fraction of sp³-hybridized carbons (Fsp3) is 0.278. The van der Waals surface area contributed by atoms with E-state index < -0.39 is 27.7 Å². The van der Waals surface area contributed by atoms with Gasteiger partial charge in [-0.05, 0) is 42.7 Å². The van der Waals surface area contributed by atoms with Gasteiger partial charge in [-0.3, -0.25) is 14.5 Å². The maximum absolute atomic E-state index is 12.9. The Labute approximate surface area is 150 Å². The number of imide groups is 1. The molecule has 0 radical (unpaired) electrons. The van der Waals surface area contributed by atoms with Gasteiger partial charge in [0.15, 0.2) is 9.84 Å². The molecule has 1 aromatic carbocycles. The summed E-state index contributed by atoms with van der Waals surface area (Å²) < 4.78 is 23.5. The number of hydrogen-bond acceptors (Lipinski definition) is 6. The molecular weight excluding hydrogens is 356 g/mol. The molecule has 0 bridgehead atoms. The minimum absolute atomic E-state index is 0.0135. The van der Waals surface area contributed by atoms with E-state index in [2.05, 4.69) is 0 Å². The number of carbonyl (C=O) groups excluding carboxylic acids is 2. The highest BCUT2D eigenvalue weighted by atomic mass is 32.2. The zero-order valence-electron chi connectivity index (χ0n) is 14.0. The van der Waals surface area contributed by atoms with Gasteiger partial charge < -0.3 is 5.11 Å². The highest BCUT2D eigenvalue weighted by molar-refractivity contribution is 7.91. The molecule has 134 valence electrons. The van der Waals surface area contributed by atoms with Crippen LogP contribution in [0.5, 0.6) is 5.75 Å². The van der Waals surface area contributed by atoms with Crippen LogP contribution in [0.2, 0.25) is 0 Å². The van der Waals surface area contributed by atoms with E-state index in [0.717, 1.165) is 4.90 Å². The largest absolute Gasteiger partial charge is 0.508 e. The van der Waals surface area contributed by atoms with Crippen LogP contribution in [0.15, 0.2) is 41.0 Å². The second-order valence-corrected chi connectivity index (χ2v) is 8.53. The lowest BCUT2D eigenvalue weighted by Crippen LogP contribution is -2.49. The molecule has 2 heterocycles. The zero-order chi connectivity index (χ0) is 19.1. The van der Waals surface area contributed by atoms with Crippen molar-refractivity contribution in [2.24, 2.45) is 0 Å². The molecular formula is C18H16N2O5S. The minimum Gasteiger partial charge on any atom is -0.508 e. The Morgan fingerprint density at radius 2 is 2.04 bits per heavy atom. The summed E-state index contributed by atoms with van der Waals surface area (Å²) in [4.78, 5) is 26.4. The molecule has 2 aliphatic rings. The van der Waals surface area contributed by atoms with Crippen LogP contribution in [0.3, 0.4) is 0 Å². The van der Waals surface area contributed by atoms with Gasteiger partial charge in [0.25, 0.3) is 11.8 Å². The van der Waals surface area contributed by atoms with Crippen LogP contribution in [0, 0.1) is 11.3 Å². The van der Waals surface area contributed by atoms with Crippen LogP contribution < -0.4 is 0 Å². The van der Waals surface area contributed by atoms with Gasteiger partial charge in [0.1, 0.15) is 17.4 Å². The molecule has 1 N–H and O–H groups in total. The van der Waals surface area contributed by atoms with E-state index in [1.165, 1.54) is 25.1 Å². The topological polar surface area (TPSA) is 116 Å². The van der Waals surface area contributed by atoms with Gasteiger partial charge in [0.05, 0.1) is 17.5 Å². The molecule has 26 heavy (non-hydrogen) atoms. The first-order valence-electron chi connectivity index (χ1n) is 7.94. The lowest BCUT2D eigenvalue weighted by atomic mass is 9.92. The molecule has 1 saturated heterocycles. The van der Waals surface area contributed by atoms with Crippen LogP contribution in [-0.4, -0.2) is 47.8 Å². The number of rotatable bonds is 2. The maximum atomic E-state index is 12.9. The van der Waals surface area contributed by atoms with E-state index in [-0.39, 0.29) is 40.4 Å². The first kappa shape index (κ1) is 17.9. The van der Waals surface area contributed by atoms with Crippen LogP contribution in [0.25, 0.3) is 6.08 Å². The normalized spacial score (nSPS) is 24.2. The van der Waals surface area contributed by atoms with Gasteiger partial charge in [0.2, 0.25) is 0 Å². The van der Waals surface area contributed by atoms with E-state index in [4.69, 9.17) is 0 Å². The van der Waals surface area contributed by atoms with E-state index in [1.807, 2.05) is 6.07 Å². The summed E-state index contributed by atoms with van der Waals surface area (Å²) >= 11 is 0. The average Bonchev–Trinajstić information content (AvgIpc) is 2.92. The third kappa shape index (κ3) is 3.13. The molecule has 0 aliphatic carbocycles. The molecule has 0 aromatic heterocycles. The van der Waals surface area contributed by atoms with E-state index in [0.29, 0.717) is 5.56 Å². The lowest BCUT2D eigenvalue weighted by Gasteiger charge is -2.31. The molecule has 2 aliphatic heterocycles. The third-order valence-electron chi connectivity index (χ3n) is 4.53. The van der Waals surface area contributed by atoms with Gasteiger partial charge >= 0.3 is 0 Å². The van der Waals surface area contributed by atoms with E-state index in [1.54, 1.807) is 12.1 Å². The lowest BCUT2D eigenvalue weighted by molar-refractivity contribution is -0.142. The molecule has 1 unspecified atom stereocenters. The van der Waals surface area contributed by atoms with Crippen molar-refractivity contribution in [1.82, 2.24) is 4.90 Å². The van der Waals surface area contributed by atoms with Crippen LogP contribution >= 0.6 is 0 Å². The summed E-state index contributed by atoms with van der Waals surface area (Å²) in [7, 11) is -3.31. The predicted molar refractivity (Wildman–Crippen MR) is 93.3 cm³/mol. The Bertz CT molecular complexity index is 1010. The Hall–Kier alpha value is -2.92. The fourth-order valence-corrected chi connectivity index (χ4v) is 4.89. The summed E-state index contributed by atoms with van der Waals surface area (Å²) in [6, 6.07) is 7.24. The molecule has 1 fully saturated rings. The van der Waals surface area contributed by atoms with E-state index >= 15 is 0 Å². The number of nitrogens with zero attached hydrogens (tertiary/aromatic N) is 2. The van der Waals surface area contributed by atoms with Gasteiger partial charge in [-0.25, -0.2) is 8.42 Å². The number of aromatic hydroxyl groups is 1. The number of sulfone groups is 1. The quantitative estimate of drug-likeness (QED) is 0.615. The van der Waals surface area contributed by atoms with Gasteiger partial charge in [-0.1, -0.05) is 12.1 Å². The van der Waals surface area contributed by atoms with Crippen molar-refractivity contribution >= 4 is 27.7 Å². The molecule has 8 heteroatoms. The Kier molecular flexibility index (Phi) is 4.42. The van der Waals surface area contributed by atoms with Crippen LogP contribution in [0.1, 0.15) is 18.9 Å². The second-order valence-electron chi connectivity index (χ2n) is 6.30. The number of benzene rings is 1. The Balaban J connectivity index is 2.10. The second kappa shape index (κ2) is 6.42. The average molecular weight is 372 g/mol. The summed E-state index contributed by atoms with van der Waals surface area (Å²) in [6.07, 6.45) is 1.65. The highest BCUT2D eigenvalue weighted by Crippen LogP contribution is 2.31. The zero-order valence-corrected chi connectivity index (χ0v) is 14.8. The first-order chi connectivity index (χ1) is 12.2. The first-order valence-corrected chi connectivity index (χ1v) is 9.76. The number of phenolic OH excluding ortho intramolecular Hbond substituents is 1. The Morgan fingerprint density at radius 3 is 2.62 bits per heavy atom. The molecule has 1 aromatic rings. The van der Waals surface area contributed by atoms with Crippen molar-refractivity contribution in [3.8, 4) is 11.8 Å². The Morgan fingerprint density at radius 1 is 1.31 bits per heavy atom. The predicted octanol–water partition coefficient (Wildman–Crippen LogP) is 1.17. The fourth-order valence-electron chi connectivity index (χ4n) is 3.19. The monoisotopic (exact) mass is 372 g/mol. The summed E-state index contributed by atoms with van der Waals surface area (Å²) in [5.74, 6) is -1.76. The smallest absolute Gasteiger partial charge is 0.271 e. The summed E-state index contributed by atoms with van der Waals surface area (Å²) in [5.41, 5.74) is 0.720. The van der Waals surface area contributed by atoms with Gasteiger partial charge in [-0.2, -0.15) is 5.26 Å². The van der Waals surface area contributed by atoms with Crippen LogP contribution in [0.4, 0.5) is 0 Å². The van der Waals surface area contributed by atoms with Crippen molar-refractivity contribution < 1.29 is 23.1 Å². The number of phenols is 1. The minimum atomic E-state index is -3.31. The molecule has 2 amide bonds. The van der Waals surface area contributed by atoms with Crippen molar-refractivity contribution in [3.05, 3.63) is 46.5 Å². The van der Waals surface area contributed by atoms with Crippen molar-refractivity contribution in [1.29, 1.82) is 5.26 Å². The molecule has 0 spiro atoms. The van der Waals surface area contributed by atoms with Crippen molar-refractivity contribution in [2.45, 2.75) is 19.4 Å². The highest BCUT2D eigenvalue weighted by Gasteiger charge is 2.43. The molecule has 1 atom stereocenters. The number of amides is 2. The molecule has 3 rings (SSSR count). The summed E-state index contributed by atoms with van der Waals surface area (Å²) in [5, 5.41) is 18.9. The maximum Gasteiger partial charge on any atom is 0.271 e. The van der Waals surface area contributed by atoms with Crippen molar-refractivity contribution in [2.75, 3.05) is 11.5 Å². The summed E-state index contributed by atoms with van der Waals surface area (Å²) in [6.45, 7) is 1.51. The SMILES string of the molecule is CC1=C(C#N)C(=O)N(C2CCS(=O)(=O)C2)C(=O)C1=Cc1cccc(O)c1. The number of hydrogen-bond donors (Lipinski definition) is 1. The van der Waals surface area contributed by atoms with E-state index in [9.17, 15) is 28.4 Å². The van der Waals surface area contributed by atoms with Crippen LogP contribution in [-0.2, 0) is 19.4 Å². The van der Waals surface area contributed by atoms with Gasteiger partial charge in [-0.15, -0.1) is 0 Å². The molecule has 7 nitrogen and oxygen atoms in total. The van der Waals surface area contributed by atoms with Gasteiger partial charge in [0, 0.05) is 5.57 Å². The number of nitriles is 1. The number of carbonyl (C=O) groups is 2. The standard InChI is InChI=1S/C18H16N2O5S/c1-11-15(8-12-3-2-4-14(21)7-12)17(22)20(18(23)16(11)9-19)13-5-6-26(24,25)10-13/h2-4,7-8,13,21H,5-6,10H2,1H3. The molecule has 0 saturated carbocycles. The third-order valence-corrected chi connectivity index (χ3v) is 6.28. The van der Waals surface area contributed by atoms with Crippen molar-refractivity contribution in [3.63, 3.8) is 0 Å².